The Labute approximate surface area is 116 Å². The number of benzene rings is 1. The van der Waals surface area contributed by atoms with Gasteiger partial charge in [-0.3, -0.25) is 4.79 Å². The lowest BCUT2D eigenvalue weighted by Gasteiger charge is -2.09. The number of rotatable bonds is 4. The first kappa shape index (κ1) is 13.4. The van der Waals surface area contributed by atoms with Crippen LogP contribution in [0.1, 0.15) is 25.7 Å². The highest BCUT2D eigenvalue weighted by molar-refractivity contribution is 7.12. The molecule has 0 saturated carbocycles. The summed E-state index contributed by atoms with van der Waals surface area (Å²) in [7, 11) is 0. The summed E-state index contributed by atoms with van der Waals surface area (Å²) in [5, 5.41) is 3.23. The van der Waals surface area contributed by atoms with Gasteiger partial charge in [0.25, 0.3) is 5.91 Å². The second kappa shape index (κ2) is 5.32. The number of carbonyl (C=O) groups excluding carboxylic acids is 1. The van der Waals surface area contributed by atoms with E-state index in [1.54, 1.807) is 29.5 Å². The Balaban J connectivity index is 2.17. The van der Waals surface area contributed by atoms with Crippen LogP contribution in [0.4, 0.5) is 11.4 Å². The predicted molar refractivity (Wildman–Crippen MR) is 80.5 cm³/mol. The fourth-order valence-corrected chi connectivity index (χ4v) is 2.83. The average molecular weight is 275 g/mol. The number of hydrogen-bond donors (Lipinski definition) is 3. The lowest BCUT2D eigenvalue weighted by atomic mass is 10.1. The third kappa shape index (κ3) is 3.06. The summed E-state index contributed by atoms with van der Waals surface area (Å²) in [5.41, 5.74) is 14.0. The minimum Gasteiger partial charge on any atom is -0.399 e. The van der Waals surface area contributed by atoms with Gasteiger partial charge < -0.3 is 16.8 Å². The molecule has 0 fully saturated rings. The van der Waals surface area contributed by atoms with Gasteiger partial charge in [-0.2, -0.15) is 0 Å². The quantitative estimate of drug-likeness (QED) is 0.750. The highest BCUT2D eigenvalue weighted by atomic mass is 32.1. The monoisotopic (exact) mass is 275 g/mol. The van der Waals surface area contributed by atoms with Crippen LogP contribution in [0.3, 0.4) is 0 Å². The lowest BCUT2D eigenvalue weighted by Crippen LogP contribution is -2.14. The van der Waals surface area contributed by atoms with E-state index < -0.39 is 5.91 Å². The summed E-state index contributed by atoms with van der Waals surface area (Å²) >= 11 is 1.75. The molecule has 0 aliphatic rings. The number of hydrogen-bond acceptors (Lipinski definition) is 4. The van der Waals surface area contributed by atoms with Crippen molar-refractivity contribution >= 4 is 28.6 Å². The van der Waals surface area contributed by atoms with Crippen molar-refractivity contribution in [3.8, 4) is 0 Å². The van der Waals surface area contributed by atoms with Crippen LogP contribution in [0, 0.1) is 13.8 Å². The summed E-state index contributed by atoms with van der Waals surface area (Å²) in [6, 6.07) is 7.27. The van der Waals surface area contributed by atoms with E-state index in [1.165, 1.54) is 15.3 Å². The van der Waals surface area contributed by atoms with Gasteiger partial charge >= 0.3 is 0 Å². The molecule has 1 amide bonds. The van der Waals surface area contributed by atoms with Gasteiger partial charge in [-0.15, -0.1) is 11.3 Å². The molecule has 5 heteroatoms. The molecule has 2 rings (SSSR count). The van der Waals surface area contributed by atoms with Crippen LogP contribution in [-0.2, 0) is 6.54 Å². The summed E-state index contributed by atoms with van der Waals surface area (Å²) < 4.78 is 0. The van der Waals surface area contributed by atoms with Gasteiger partial charge in [0.1, 0.15) is 0 Å². The molecule has 100 valence electrons. The van der Waals surface area contributed by atoms with Crippen molar-refractivity contribution < 1.29 is 4.79 Å². The van der Waals surface area contributed by atoms with Gasteiger partial charge in [-0.1, -0.05) is 0 Å². The van der Waals surface area contributed by atoms with Gasteiger partial charge in [0.05, 0.1) is 5.56 Å². The Bertz CT molecular complexity index is 600. The van der Waals surface area contributed by atoms with Crippen molar-refractivity contribution in [2.75, 3.05) is 11.1 Å². The Morgan fingerprint density at radius 1 is 1.32 bits per heavy atom. The zero-order valence-corrected chi connectivity index (χ0v) is 11.8. The van der Waals surface area contributed by atoms with Crippen molar-refractivity contribution in [1.29, 1.82) is 0 Å². The minimum absolute atomic E-state index is 0.421. The van der Waals surface area contributed by atoms with Crippen molar-refractivity contribution in [3.63, 3.8) is 0 Å². The smallest absolute Gasteiger partial charge is 0.250 e. The largest absolute Gasteiger partial charge is 0.399 e. The molecule has 4 nitrogen and oxygen atoms in total. The van der Waals surface area contributed by atoms with Crippen LogP contribution < -0.4 is 16.8 Å². The number of nitrogen functional groups attached to an aromatic ring is 1. The SMILES string of the molecule is Cc1cc(CNc2ccc(N)cc2C(N)=O)sc1C. The number of aryl methyl sites for hydroxylation is 2. The molecule has 1 aromatic carbocycles. The van der Waals surface area contributed by atoms with E-state index >= 15 is 0 Å². The fraction of sp³-hybridized carbons (Fsp3) is 0.214. The molecule has 0 spiro atoms. The van der Waals surface area contributed by atoms with Crippen LogP contribution in [-0.4, -0.2) is 5.91 Å². The van der Waals surface area contributed by atoms with E-state index in [-0.39, 0.29) is 0 Å². The Morgan fingerprint density at radius 2 is 2.05 bits per heavy atom. The van der Waals surface area contributed by atoms with Crippen LogP contribution in [0.2, 0.25) is 0 Å². The second-order valence-corrected chi connectivity index (χ2v) is 5.82. The first-order valence-electron chi connectivity index (χ1n) is 5.96. The maximum atomic E-state index is 11.4. The second-order valence-electron chi connectivity index (χ2n) is 4.47. The Kier molecular flexibility index (Phi) is 3.76. The highest BCUT2D eigenvalue weighted by Gasteiger charge is 2.09. The summed E-state index contributed by atoms with van der Waals surface area (Å²) in [5.74, 6) is -0.478. The summed E-state index contributed by atoms with van der Waals surface area (Å²) in [6.07, 6.45) is 0. The molecular formula is C14H17N3OS. The molecule has 0 radical (unpaired) electrons. The van der Waals surface area contributed by atoms with Crippen molar-refractivity contribution in [2.24, 2.45) is 5.73 Å². The summed E-state index contributed by atoms with van der Waals surface area (Å²) in [4.78, 5) is 13.9. The number of primary amides is 1. The summed E-state index contributed by atoms with van der Waals surface area (Å²) in [6.45, 7) is 4.86. The van der Waals surface area contributed by atoms with Crippen LogP contribution in [0.25, 0.3) is 0 Å². The van der Waals surface area contributed by atoms with E-state index in [0.29, 0.717) is 23.5 Å². The van der Waals surface area contributed by atoms with Gasteiger partial charge in [-0.05, 0) is 43.7 Å². The topological polar surface area (TPSA) is 81.1 Å². The first-order chi connectivity index (χ1) is 8.97. The number of thiophene rings is 1. The molecule has 2 aromatic rings. The van der Waals surface area contributed by atoms with Crippen molar-refractivity contribution in [3.05, 3.63) is 45.1 Å². The number of anilines is 2. The zero-order valence-electron chi connectivity index (χ0n) is 11.0. The number of nitrogens with one attached hydrogen (secondary N) is 1. The minimum atomic E-state index is -0.478. The van der Waals surface area contributed by atoms with E-state index in [1.807, 2.05) is 0 Å². The standard InChI is InChI=1S/C14H17N3OS/c1-8-5-11(19-9(8)2)7-17-13-4-3-10(15)6-12(13)14(16)18/h3-6,17H,7,15H2,1-2H3,(H2,16,18). The third-order valence-electron chi connectivity index (χ3n) is 2.98. The molecule has 1 aromatic heterocycles. The fourth-order valence-electron chi connectivity index (χ4n) is 1.84. The van der Waals surface area contributed by atoms with Crippen LogP contribution in [0.5, 0.6) is 0 Å². The molecule has 0 aliphatic carbocycles. The normalized spacial score (nSPS) is 10.4. The molecule has 0 bridgehead atoms. The molecular weight excluding hydrogens is 258 g/mol. The number of carbonyl (C=O) groups is 1. The van der Waals surface area contributed by atoms with Crippen molar-refractivity contribution in [2.45, 2.75) is 20.4 Å². The molecule has 0 aliphatic heterocycles. The number of amides is 1. The Morgan fingerprint density at radius 3 is 2.63 bits per heavy atom. The van der Waals surface area contributed by atoms with E-state index in [0.717, 1.165) is 0 Å². The van der Waals surface area contributed by atoms with Gasteiger partial charge in [-0.25, -0.2) is 0 Å². The van der Waals surface area contributed by atoms with Gasteiger partial charge in [0.15, 0.2) is 0 Å². The van der Waals surface area contributed by atoms with Crippen LogP contribution >= 0.6 is 11.3 Å². The van der Waals surface area contributed by atoms with Crippen molar-refractivity contribution in [1.82, 2.24) is 0 Å². The predicted octanol–water partition coefficient (Wildman–Crippen LogP) is 2.66. The molecule has 0 unspecified atom stereocenters. The Hall–Kier alpha value is -2.01. The first-order valence-corrected chi connectivity index (χ1v) is 6.78. The lowest BCUT2D eigenvalue weighted by molar-refractivity contribution is 0.100. The van der Waals surface area contributed by atoms with E-state index in [9.17, 15) is 4.79 Å². The average Bonchev–Trinajstić information content (AvgIpc) is 2.67. The maximum absolute atomic E-state index is 11.4. The highest BCUT2D eigenvalue weighted by Crippen LogP contribution is 2.23. The van der Waals surface area contributed by atoms with E-state index in [4.69, 9.17) is 11.5 Å². The molecule has 5 N–H and O–H groups in total. The molecule has 19 heavy (non-hydrogen) atoms. The third-order valence-corrected chi connectivity index (χ3v) is 4.13. The molecule has 0 atom stereocenters. The van der Waals surface area contributed by atoms with Gasteiger partial charge in [0, 0.05) is 27.7 Å². The maximum Gasteiger partial charge on any atom is 0.250 e. The molecule has 0 saturated heterocycles. The van der Waals surface area contributed by atoms with E-state index in [2.05, 4.69) is 25.2 Å². The van der Waals surface area contributed by atoms with Crippen LogP contribution in [0.15, 0.2) is 24.3 Å². The molecule has 1 heterocycles. The van der Waals surface area contributed by atoms with Gasteiger partial charge in [0.2, 0.25) is 0 Å². The number of nitrogens with two attached hydrogens (primary N) is 2. The zero-order chi connectivity index (χ0) is 14.0.